The van der Waals surface area contributed by atoms with Crippen molar-refractivity contribution < 1.29 is 8.83 Å². The van der Waals surface area contributed by atoms with Gasteiger partial charge < -0.3 is 18.6 Å². The monoisotopic (exact) mass is 971 g/mol. The second kappa shape index (κ2) is 14.9. The van der Waals surface area contributed by atoms with Gasteiger partial charge in [-0.1, -0.05) is 138 Å². The van der Waals surface area contributed by atoms with Gasteiger partial charge in [0.15, 0.2) is 0 Å². The van der Waals surface area contributed by atoms with Crippen molar-refractivity contribution in [2.24, 2.45) is 0 Å². The molecule has 0 spiro atoms. The van der Waals surface area contributed by atoms with E-state index in [1.54, 1.807) is 0 Å². The number of furan rings is 2. The number of nitrogens with zero attached hydrogens (tertiary/aromatic N) is 2. The average Bonchev–Trinajstić information content (AvgIpc) is 3.92. The first-order valence-corrected chi connectivity index (χ1v) is 27.7. The minimum absolute atomic E-state index is 0.0101. The molecule has 5 heteroatoms. The van der Waals surface area contributed by atoms with Gasteiger partial charge in [0.25, 0.3) is 6.71 Å². The van der Waals surface area contributed by atoms with E-state index >= 15 is 0 Å². The largest absolute Gasteiger partial charge is 0.468 e. The normalized spacial score (nSPS) is 19.9. The molecule has 4 nitrogen and oxygen atoms in total. The zero-order chi connectivity index (χ0) is 51.4. The van der Waals surface area contributed by atoms with Gasteiger partial charge in [-0.2, -0.15) is 0 Å². The second-order valence-electron chi connectivity index (χ2n) is 27.3. The molecule has 5 aliphatic rings. The molecule has 0 radical (unpaired) electrons. The van der Waals surface area contributed by atoms with Crippen LogP contribution in [-0.2, 0) is 32.5 Å². The first kappa shape index (κ1) is 46.1. The van der Waals surface area contributed by atoms with E-state index in [9.17, 15) is 0 Å². The van der Waals surface area contributed by atoms with Gasteiger partial charge in [0.05, 0.1) is 17.0 Å². The van der Waals surface area contributed by atoms with Crippen molar-refractivity contribution in [2.75, 3.05) is 9.80 Å². The van der Waals surface area contributed by atoms with E-state index in [-0.39, 0.29) is 39.2 Å². The summed E-state index contributed by atoms with van der Waals surface area (Å²) >= 11 is 0. The molecule has 0 fully saturated rings. The molecular formula is C69H71BN2O2. The van der Waals surface area contributed by atoms with E-state index in [1.165, 1.54) is 101 Å². The molecule has 0 saturated heterocycles. The Morgan fingerprint density at radius 2 is 0.946 bits per heavy atom. The van der Waals surface area contributed by atoms with E-state index in [0.29, 0.717) is 0 Å². The number of hydrogen-bond donors (Lipinski definition) is 0. The highest BCUT2D eigenvalue weighted by Crippen LogP contribution is 2.56. The first-order valence-electron chi connectivity index (χ1n) is 27.7. The highest BCUT2D eigenvalue weighted by atomic mass is 16.3. The molecule has 7 aromatic carbocycles. The molecule has 0 bridgehead atoms. The summed E-state index contributed by atoms with van der Waals surface area (Å²) in [7, 11) is 0. The van der Waals surface area contributed by atoms with Gasteiger partial charge in [0.2, 0.25) is 0 Å². The lowest BCUT2D eigenvalue weighted by Gasteiger charge is -2.46. The summed E-state index contributed by atoms with van der Waals surface area (Å²) in [6, 6.07) is 47.2. The highest BCUT2D eigenvalue weighted by molar-refractivity contribution is 7.00. The van der Waals surface area contributed by atoms with Crippen molar-refractivity contribution in [3.8, 4) is 11.1 Å². The summed E-state index contributed by atoms with van der Waals surface area (Å²) < 4.78 is 14.6. The molecule has 372 valence electrons. The molecule has 2 aromatic heterocycles. The topological polar surface area (TPSA) is 32.8 Å². The Kier molecular flexibility index (Phi) is 9.28. The van der Waals surface area contributed by atoms with E-state index < -0.39 is 0 Å². The maximum atomic E-state index is 7.73. The molecule has 0 unspecified atom stereocenters. The molecule has 74 heavy (non-hydrogen) atoms. The Morgan fingerprint density at radius 3 is 1.61 bits per heavy atom. The van der Waals surface area contributed by atoms with Crippen molar-refractivity contribution in [1.82, 2.24) is 0 Å². The molecule has 0 N–H and O–H groups in total. The summed E-state index contributed by atoms with van der Waals surface area (Å²) in [5.74, 6) is 0. The summed E-state index contributed by atoms with van der Waals surface area (Å²) in [6.07, 6.45) is 6.89. The zero-order valence-electron chi connectivity index (χ0n) is 46.1. The Bertz CT molecular complexity index is 3890. The maximum absolute atomic E-state index is 7.73. The minimum atomic E-state index is -0.220. The Balaban J connectivity index is 1.14. The van der Waals surface area contributed by atoms with Crippen LogP contribution in [0.25, 0.3) is 44.0 Å². The molecule has 0 atom stereocenters. The minimum Gasteiger partial charge on any atom is -0.468 e. The van der Waals surface area contributed by atoms with Crippen molar-refractivity contribution in [1.29, 1.82) is 0 Å². The van der Waals surface area contributed by atoms with Gasteiger partial charge in [-0.3, -0.25) is 0 Å². The molecule has 14 rings (SSSR count). The first-order chi connectivity index (χ1) is 35.0. The molecule has 0 amide bonds. The SMILES string of the molecule is Cc1cc2c3c(c1)N(c1ccc4c(c1)C(C)(C)CCC4(C)C)c1c(oc4cc5c(cc14)C(C)(C)CCC5(C)C)B3c1cc3oc4ccccc4c3cc1N2c1cc2c(cc1-c1ccccc1)C(C)(C)CCC2(C)C. The van der Waals surface area contributed by atoms with Crippen molar-refractivity contribution >= 4 is 90.3 Å². The van der Waals surface area contributed by atoms with Gasteiger partial charge in [0, 0.05) is 44.5 Å². The van der Waals surface area contributed by atoms with Crippen LogP contribution in [0.2, 0.25) is 0 Å². The molecule has 9 aromatic rings. The summed E-state index contributed by atoms with van der Waals surface area (Å²) in [6.45, 7) is 31.5. The van der Waals surface area contributed by atoms with Crippen LogP contribution in [0.3, 0.4) is 0 Å². The smallest absolute Gasteiger partial charge is 0.297 e. The third-order valence-electron chi connectivity index (χ3n) is 19.7. The van der Waals surface area contributed by atoms with E-state index in [1.807, 2.05) is 0 Å². The van der Waals surface area contributed by atoms with Crippen molar-refractivity contribution in [3.05, 3.63) is 160 Å². The average molecular weight is 971 g/mol. The molecular weight excluding hydrogens is 900 g/mol. The fourth-order valence-corrected chi connectivity index (χ4v) is 14.8. The van der Waals surface area contributed by atoms with Crippen LogP contribution in [0.15, 0.2) is 130 Å². The van der Waals surface area contributed by atoms with E-state index in [0.717, 1.165) is 71.0 Å². The van der Waals surface area contributed by atoms with Crippen LogP contribution in [0.4, 0.5) is 34.1 Å². The van der Waals surface area contributed by atoms with Crippen molar-refractivity contribution in [3.63, 3.8) is 0 Å². The lowest BCUT2D eigenvalue weighted by Crippen LogP contribution is -2.61. The molecule has 0 saturated carbocycles. The lowest BCUT2D eigenvalue weighted by atomic mass is 9.35. The number of fused-ring (bicyclic) bond motifs is 12. The van der Waals surface area contributed by atoms with Gasteiger partial charge in [-0.25, -0.2) is 0 Å². The summed E-state index contributed by atoms with van der Waals surface area (Å²) in [5, 5.41) is 3.45. The fourth-order valence-electron chi connectivity index (χ4n) is 14.8. The van der Waals surface area contributed by atoms with Crippen LogP contribution in [0.1, 0.15) is 161 Å². The van der Waals surface area contributed by atoms with Gasteiger partial charge in [-0.15, -0.1) is 0 Å². The Labute approximate surface area is 439 Å². The van der Waals surface area contributed by atoms with Gasteiger partial charge >= 0.3 is 0 Å². The standard InChI is InChI=1S/C69H71BN2O2/c1-40-31-56-61-57(32-40)72(54-37-51-49(66(6,7)27-29-68(51,10)11)34-44(54)41-19-15-14-16-20-41)55-36-45-43-21-17-18-22-58(43)73-60(45)39-53(55)70(61)63-62(46-35-50-52(38-59(46)74-63)69(12,13)30-28-67(50,8)9)71(56)42-23-24-47-48(33-42)65(4,5)26-25-64(47,2)3/h14-24,31-39H,25-30H2,1-13H3. The lowest BCUT2D eigenvalue weighted by molar-refractivity contribution is 0.332. The maximum Gasteiger partial charge on any atom is 0.297 e. The number of rotatable bonds is 3. The fraction of sp³-hybridized carbons (Fsp3) is 0.362. The van der Waals surface area contributed by atoms with Gasteiger partial charge in [-0.05, 0) is 200 Å². The zero-order valence-corrected chi connectivity index (χ0v) is 46.1. The summed E-state index contributed by atoms with van der Waals surface area (Å²) in [4.78, 5) is 5.29. The Hall–Kier alpha value is -6.46. The second-order valence-corrected chi connectivity index (χ2v) is 27.3. The van der Waals surface area contributed by atoms with Crippen LogP contribution in [0.5, 0.6) is 0 Å². The van der Waals surface area contributed by atoms with Crippen molar-refractivity contribution in [2.45, 2.75) is 161 Å². The summed E-state index contributed by atoms with van der Waals surface area (Å²) in [5.41, 5.74) is 25.9. The quantitative estimate of drug-likeness (QED) is 0.165. The third-order valence-corrected chi connectivity index (χ3v) is 19.7. The molecule has 2 aliphatic heterocycles. The van der Waals surface area contributed by atoms with E-state index in [4.69, 9.17) is 8.83 Å². The number of anilines is 6. The Morgan fingerprint density at radius 1 is 0.405 bits per heavy atom. The number of para-hydroxylation sites is 1. The van der Waals surface area contributed by atoms with E-state index in [2.05, 4.69) is 221 Å². The predicted octanol–water partition coefficient (Wildman–Crippen LogP) is 17.4. The van der Waals surface area contributed by atoms with Crippen LogP contribution in [-0.4, -0.2) is 6.71 Å². The molecule has 3 aliphatic carbocycles. The highest BCUT2D eigenvalue weighted by Gasteiger charge is 2.50. The van der Waals surface area contributed by atoms with Crippen LogP contribution in [0, 0.1) is 6.92 Å². The molecule has 4 heterocycles. The number of hydrogen-bond acceptors (Lipinski definition) is 4. The van der Waals surface area contributed by atoms with Gasteiger partial charge in [0.1, 0.15) is 16.7 Å². The van der Waals surface area contributed by atoms with Crippen LogP contribution >= 0.6 is 0 Å². The number of aryl methyl sites for hydroxylation is 1. The number of benzene rings is 7. The predicted molar refractivity (Wildman–Crippen MR) is 314 cm³/mol. The van der Waals surface area contributed by atoms with Crippen LogP contribution < -0.4 is 26.4 Å². The third kappa shape index (κ3) is 6.40.